The molecule has 0 radical (unpaired) electrons. The molecule has 0 spiro atoms. The Morgan fingerprint density at radius 1 is 0.818 bits per heavy atom. The van der Waals surface area contributed by atoms with Crippen LogP contribution in [0.2, 0.25) is 0 Å². The van der Waals surface area contributed by atoms with Crippen LogP contribution in [0.15, 0.2) is 24.3 Å². The average Bonchev–Trinajstić information content (AvgIpc) is 2.54. The van der Waals surface area contributed by atoms with E-state index >= 15 is 0 Å². The maximum absolute atomic E-state index is 11.4. The summed E-state index contributed by atoms with van der Waals surface area (Å²) < 4.78 is 15.3. The smallest absolute Gasteiger partial charge is 0.310 e. The van der Waals surface area contributed by atoms with E-state index in [0.29, 0.717) is 11.3 Å². The first-order valence-corrected chi connectivity index (χ1v) is 7.19. The average molecular weight is 308 g/mol. The van der Waals surface area contributed by atoms with Crippen molar-refractivity contribution >= 4 is 17.9 Å². The molecular formula is C16H20O6. The van der Waals surface area contributed by atoms with Crippen LogP contribution in [0.5, 0.6) is 5.75 Å². The minimum absolute atomic E-state index is 0.173. The van der Waals surface area contributed by atoms with Gasteiger partial charge in [0.15, 0.2) is 0 Å². The molecule has 6 nitrogen and oxygen atoms in total. The van der Waals surface area contributed by atoms with Crippen LogP contribution in [0.25, 0.3) is 0 Å². The summed E-state index contributed by atoms with van der Waals surface area (Å²) in [5.74, 6) is -0.928. The number of esters is 3. The van der Waals surface area contributed by atoms with E-state index in [-0.39, 0.29) is 25.2 Å². The minimum atomic E-state index is -1.10. The first-order valence-electron chi connectivity index (χ1n) is 7.19. The van der Waals surface area contributed by atoms with Gasteiger partial charge in [0.1, 0.15) is 5.75 Å². The quantitative estimate of drug-likeness (QED) is 0.438. The standard InChI is InChI=1S/C16H20O6/c1-4-13(17)20-12-9-7-11(8-10-12)16(21-14(18)5-2)22-15(19)6-3/h7-10,16H,4-6H2,1-3H3. The van der Waals surface area contributed by atoms with Crippen molar-refractivity contribution in [3.63, 3.8) is 0 Å². The van der Waals surface area contributed by atoms with Crippen LogP contribution in [0.3, 0.4) is 0 Å². The van der Waals surface area contributed by atoms with Crippen molar-refractivity contribution in [1.29, 1.82) is 0 Å². The third kappa shape index (κ3) is 5.55. The van der Waals surface area contributed by atoms with Crippen molar-refractivity contribution < 1.29 is 28.6 Å². The molecule has 0 aromatic heterocycles. The van der Waals surface area contributed by atoms with Crippen LogP contribution < -0.4 is 4.74 Å². The minimum Gasteiger partial charge on any atom is -0.427 e. The number of rotatable bonds is 7. The predicted molar refractivity (Wildman–Crippen MR) is 77.9 cm³/mol. The maximum atomic E-state index is 11.4. The van der Waals surface area contributed by atoms with Gasteiger partial charge in [0.2, 0.25) is 0 Å². The van der Waals surface area contributed by atoms with Gasteiger partial charge in [-0.1, -0.05) is 20.8 Å². The molecule has 1 aromatic carbocycles. The van der Waals surface area contributed by atoms with Gasteiger partial charge in [0, 0.05) is 24.8 Å². The largest absolute Gasteiger partial charge is 0.427 e. The first kappa shape index (κ1) is 17.7. The fourth-order valence-electron chi connectivity index (χ4n) is 1.46. The molecule has 0 amide bonds. The number of hydrogen-bond donors (Lipinski definition) is 0. The summed E-state index contributed by atoms with van der Waals surface area (Å²) in [4.78, 5) is 34.1. The van der Waals surface area contributed by atoms with Gasteiger partial charge in [-0.25, -0.2) is 0 Å². The molecule has 0 unspecified atom stereocenters. The van der Waals surface area contributed by atoms with E-state index in [0.717, 1.165) is 0 Å². The van der Waals surface area contributed by atoms with Gasteiger partial charge in [0.25, 0.3) is 6.29 Å². The second-order valence-corrected chi connectivity index (χ2v) is 4.42. The van der Waals surface area contributed by atoms with Gasteiger partial charge >= 0.3 is 17.9 Å². The lowest BCUT2D eigenvalue weighted by atomic mass is 10.2. The van der Waals surface area contributed by atoms with Gasteiger partial charge in [-0.3, -0.25) is 14.4 Å². The highest BCUT2D eigenvalue weighted by molar-refractivity contribution is 5.72. The van der Waals surface area contributed by atoms with Crippen molar-refractivity contribution in [2.24, 2.45) is 0 Å². The van der Waals surface area contributed by atoms with E-state index in [1.54, 1.807) is 45.0 Å². The number of hydrogen-bond acceptors (Lipinski definition) is 6. The Balaban J connectivity index is 2.86. The van der Waals surface area contributed by atoms with E-state index < -0.39 is 18.2 Å². The Morgan fingerprint density at radius 3 is 1.68 bits per heavy atom. The topological polar surface area (TPSA) is 78.9 Å². The summed E-state index contributed by atoms with van der Waals surface area (Å²) in [7, 11) is 0. The zero-order valence-electron chi connectivity index (χ0n) is 13.0. The van der Waals surface area contributed by atoms with Crippen molar-refractivity contribution in [3.05, 3.63) is 29.8 Å². The predicted octanol–water partition coefficient (Wildman–Crippen LogP) is 2.91. The van der Waals surface area contributed by atoms with E-state index in [1.807, 2.05) is 0 Å². The van der Waals surface area contributed by atoms with Crippen LogP contribution >= 0.6 is 0 Å². The normalized spacial score (nSPS) is 10.2. The molecule has 0 N–H and O–H groups in total. The Labute approximate surface area is 129 Å². The molecule has 0 aliphatic carbocycles. The van der Waals surface area contributed by atoms with E-state index in [1.165, 1.54) is 0 Å². The Bertz CT molecular complexity index is 502. The van der Waals surface area contributed by atoms with Gasteiger partial charge in [-0.15, -0.1) is 0 Å². The highest BCUT2D eigenvalue weighted by atomic mass is 16.7. The van der Waals surface area contributed by atoms with Crippen molar-refractivity contribution in [1.82, 2.24) is 0 Å². The molecule has 1 rings (SSSR count). The molecule has 0 aliphatic rings. The molecule has 0 saturated heterocycles. The van der Waals surface area contributed by atoms with Crippen LogP contribution in [0, 0.1) is 0 Å². The number of carbonyl (C=O) groups excluding carboxylic acids is 3. The Kier molecular flexibility index (Phi) is 7.08. The molecule has 120 valence electrons. The van der Waals surface area contributed by atoms with Gasteiger partial charge in [-0.2, -0.15) is 0 Å². The third-order valence-electron chi connectivity index (χ3n) is 2.73. The second kappa shape index (κ2) is 8.81. The summed E-state index contributed by atoms with van der Waals surface area (Å²) in [6.07, 6.45) is -0.485. The number of carbonyl (C=O) groups is 3. The molecule has 0 heterocycles. The maximum Gasteiger partial charge on any atom is 0.310 e. The van der Waals surface area contributed by atoms with Crippen LogP contribution in [0.1, 0.15) is 51.9 Å². The lowest BCUT2D eigenvalue weighted by molar-refractivity contribution is -0.189. The second-order valence-electron chi connectivity index (χ2n) is 4.42. The monoisotopic (exact) mass is 308 g/mol. The Hall–Kier alpha value is -2.37. The van der Waals surface area contributed by atoms with Crippen molar-refractivity contribution in [2.75, 3.05) is 0 Å². The van der Waals surface area contributed by atoms with Gasteiger partial charge < -0.3 is 14.2 Å². The summed E-state index contributed by atoms with van der Waals surface area (Å²) in [5, 5.41) is 0. The lowest BCUT2D eigenvalue weighted by Gasteiger charge is -2.18. The first-order chi connectivity index (χ1) is 10.5. The highest BCUT2D eigenvalue weighted by Gasteiger charge is 2.20. The molecule has 22 heavy (non-hydrogen) atoms. The summed E-state index contributed by atoms with van der Waals surface area (Å²) in [5.41, 5.74) is 0.486. The van der Waals surface area contributed by atoms with Crippen molar-refractivity contribution in [3.8, 4) is 5.75 Å². The number of ether oxygens (including phenoxy) is 3. The molecule has 6 heteroatoms. The molecule has 0 saturated carbocycles. The SMILES string of the molecule is CCC(=O)Oc1ccc(C(OC(=O)CC)OC(=O)CC)cc1. The molecule has 0 atom stereocenters. The van der Waals surface area contributed by atoms with E-state index in [2.05, 4.69) is 0 Å². The van der Waals surface area contributed by atoms with Crippen LogP contribution in [-0.4, -0.2) is 17.9 Å². The fraction of sp³-hybridized carbons (Fsp3) is 0.438. The zero-order chi connectivity index (χ0) is 16.5. The summed E-state index contributed by atoms with van der Waals surface area (Å²) in [6, 6.07) is 6.26. The number of benzene rings is 1. The van der Waals surface area contributed by atoms with Crippen molar-refractivity contribution in [2.45, 2.75) is 46.3 Å². The molecule has 0 fully saturated rings. The summed E-state index contributed by atoms with van der Waals surface area (Å²) >= 11 is 0. The third-order valence-corrected chi connectivity index (χ3v) is 2.73. The molecule has 0 bridgehead atoms. The molecule has 0 aliphatic heterocycles. The van der Waals surface area contributed by atoms with Crippen LogP contribution in [-0.2, 0) is 23.9 Å². The van der Waals surface area contributed by atoms with Crippen LogP contribution in [0.4, 0.5) is 0 Å². The fourth-order valence-corrected chi connectivity index (χ4v) is 1.46. The van der Waals surface area contributed by atoms with Gasteiger partial charge in [0.05, 0.1) is 0 Å². The lowest BCUT2D eigenvalue weighted by Crippen LogP contribution is -2.17. The molecule has 1 aromatic rings. The Morgan fingerprint density at radius 2 is 1.27 bits per heavy atom. The van der Waals surface area contributed by atoms with E-state index in [4.69, 9.17) is 14.2 Å². The zero-order valence-corrected chi connectivity index (χ0v) is 13.0. The molecular weight excluding hydrogens is 288 g/mol. The van der Waals surface area contributed by atoms with Gasteiger partial charge in [-0.05, 0) is 24.3 Å². The highest BCUT2D eigenvalue weighted by Crippen LogP contribution is 2.23. The summed E-state index contributed by atoms with van der Waals surface area (Å²) in [6.45, 7) is 4.99. The van der Waals surface area contributed by atoms with E-state index in [9.17, 15) is 14.4 Å².